The summed E-state index contributed by atoms with van der Waals surface area (Å²) in [7, 11) is 3.59. The lowest BCUT2D eigenvalue weighted by molar-refractivity contribution is 0.110. The highest BCUT2D eigenvalue weighted by Gasteiger charge is 2.63. The van der Waals surface area contributed by atoms with Crippen LogP contribution in [0, 0.1) is 13.8 Å². The molecule has 2 fully saturated rings. The van der Waals surface area contributed by atoms with Crippen LogP contribution in [0.4, 0.5) is 5.69 Å². The standard InChI is InChI=1S/C23H25Cl2N3O2/c1-13-7-20-19(27-12-16(29-3)10-23(27)11-21(23)30-4)8-14(2)26-28(20)22(13)17-6-5-15(24)9-18(17)25/h5-9,16,21H,10-12H2,1-4H3/t16-,21?,23?/m1/s1. The minimum atomic E-state index is -0.0000344. The third-order valence-electron chi connectivity index (χ3n) is 6.61. The van der Waals surface area contributed by atoms with E-state index in [0.29, 0.717) is 10.0 Å². The summed E-state index contributed by atoms with van der Waals surface area (Å²) in [6.45, 7) is 4.97. The predicted molar refractivity (Wildman–Crippen MR) is 121 cm³/mol. The maximum absolute atomic E-state index is 6.56. The lowest BCUT2D eigenvalue weighted by Gasteiger charge is -2.28. The van der Waals surface area contributed by atoms with Gasteiger partial charge in [0.1, 0.15) is 0 Å². The Balaban J connectivity index is 1.70. The molecule has 30 heavy (non-hydrogen) atoms. The van der Waals surface area contributed by atoms with Gasteiger partial charge >= 0.3 is 0 Å². The molecule has 3 aromatic rings. The lowest BCUT2D eigenvalue weighted by Crippen LogP contribution is -2.35. The van der Waals surface area contributed by atoms with Crippen LogP contribution in [0.5, 0.6) is 0 Å². The first kappa shape index (κ1) is 20.1. The summed E-state index contributed by atoms with van der Waals surface area (Å²) in [4.78, 5) is 2.48. The van der Waals surface area contributed by atoms with Crippen molar-refractivity contribution in [2.24, 2.45) is 0 Å². The SMILES string of the molecule is COC1CC12C[C@@H](OC)CN2c1cc(C)nn2c(-c3ccc(Cl)cc3Cl)c(C)cc12. The zero-order valence-electron chi connectivity index (χ0n) is 17.6. The maximum atomic E-state index is 6.56. The van der Waals surface area contributed by atoms with E-state index in [-0.39, 0.29) is 17.7 Å². The van der Waals surface area contributed by atoms with Gasteiger partial charge in [0.05, 0.1) is 45.4 Å². The Morgan fingerprint density at radius 2 is 1.87 bits per heavy atom. The van der Waals surface area contributed by atoms with Crippen molar-refractivity contribution < 1.29 is 9.47 Å². The van der Waals surface area contributed by atoms with Gasteiger partial charge in [-0.15, -0.1) is 0 Å². The van der Waals surface area contributed by atoms with Crippen LogP contribution < -0.4 is 4.90 Å². The fraction of sp³-hybridized carbons (Fsp3) is 0.435. The van der Waals surface area contributed by atoms with E-state index in [0.717, 1.165) is 47.4 Å². The summed E-state index contributed by atoms with van der Waals surface area (Å²) in [6.07, 6.45) is 2.42. The molecule has 1 aromatic carbocycles. The van der Waals surface area contributed by atoms with Crippen molar-refractivity contribution in [3.05, 3.63) is 51.6 Å². The van der Waals surface area contributed by atoms with Gasteiger partial charge in [-0.25, -0.2) is 4.52 Å². The van der Waals surface area contributed by atoms with Crippen molar-refractivity contribution in [2.45, 2.75) is 44.4 Å². The van der Waals surface area contributed by atoms with Crippen molar-refractivity contribution in [3.63, 3.8) is 0 Å². The Morgan fingerprint density at radius 3 is 2.53 bits per heavy atom. The first-order valence-electron chi connectivity index (χ1n) is 10.2. The van der Waals surface area contributed by atoms with Crippen molar-refractivity contribution >= 4 is 34.4 Å². The van der Waals surface area contributed by atoms with Crippen molar-refractivity contribution in [1.82, 2.24) is 9.61 Å². The molecule has 3 heterocycles. The molecule has 158 valence electrons. The summed E-state index contributed by atoms with van der Waals surface area (Å²) >= 11 is 12.7. The Bertz CT molecular complexity index is 1140. The van der Waals surface area contributed by atoms with E-state index in [2.05, 4.69) is 24.0 Å². The van der Waals surface area contributed by atoms with Gasteiger partial charge in [-0.05, 0) is 49.7 Å². The van der Waals surface area contributed by atoms with Crippen LogP contribution in [0.2, 0.25) is 10.0 Å². The van der Waals surface area contributed by atoms with Gasteiger partial charge in [-0.2, -0.15) is 5.10 Å². The zero-order valence-corrected chi connectivity index (χ0v) is 19.1. The topological polar surface area (TPSA) is 39.0 Å². The summed E-state index contributed by atoms with van der Waals surface area (Å²) in [5.41, 5.74) is 6.22. The zero-order chi connectivity index (χ0) is 21.2. The number of anilines is 1. The molecule has 3 atom stereocenters. The second-order valence-corrected chi connectivity index (χ2v) is 9.32. The maximum Gasteiger partial charge on any atom is 0.0890 e. The average Bonchev–Trinajstić information content (AvgIpc) is 3.13. The molecule has 7 heteroatoms. The van der Waals surface area contributed by atoms with Gasteiger partial charge in [0.15, 0.2) is 0 Å². The molecule has 2 aromatic heterocycles. The van der Waals surface area contributed by atoms with Gasteiger partial charge in [0.2, 0.25) is 0 Å². The molecule has 0 radical (unpaired) electrons. The second kappa shape index (κ2) is 7.13. The van der Waals surface area contributed by atoms with E-state index in [9.17, 15) is 0 Å². The molecule has 1 spiro atoms. The van der Waals surface area contributed by atoms with Gasteiger partial charge in [-0.3, -0.25) is 0 Å². The fourth-order valence-electron chi connectivity index (χ4n) is 5.11. The van der Waals surface area contributed by atoms with E-state index in [4.69, 9.17) is 37.8 Å². The number of hydrogen-bond acceptors (Lipinski definition) is 4. The molecule has 2 unspecified atom stereocenters. The van der Waals surface area contributed by atoms with Crippen LogP contribution in [0.1, 0.15) is 24.1 Å². The highest BCUT2D eigenvalue weighted by atomic mass is 35.5. The summed E-state index contributed by atoms with van der Waals surface area (Å²) in [5.74, 6) is 0. The Kier molecular flexibility index (Phi) is 4.78. The smallest absolute Gasteiger partial charge is 0.0890 e. The van der Waals surface area contributed by atoms with Gasteiger partial charge in [0, 0.05) is 44.2 Å². The molecule has 5 nitrogen and oxygen atoms in total. The minimum absolute atomic E-state index is 0.0000344. The number of halogens is 2. The normalized spacial score (nSPS) is 25.6. The fourth-order valence-corrected chi connectivity index (χ4v) is 5.60. The minimum Gasteiger partial charge on any atom is -0.380 e. The van der Waals surface area contributed by atoms with Crippen molar-refractivity contribution in [2.75, 3.05) is 25.7 Å². The van der Waals surface area contributed by atoms with E-state index >= 15 is 0 Å². The second-order valence-electron chi connectivity index (χ2n) is 8.47. The molecule has 0 bridgehead atoms. The quantitative estimate of drug-likeness (QED) is 0.545. The number of nitrogens with zero attached hydrogens (tertiary/aromatic N) is 3. The monoisotopic (exact) mass is 445 g/mol. The average molecular weight is 446 g/mol. The summed E-state index contributed by atoms with van der Waals surface area (Å²) in [5, 5.41) is 6.09. The van der Waals surface area contributed by atoms with Gasteiger partial charge < -0.3 is 14.4 Å². The third kappa shape index (κ3) is 2.94. The number of benzene rings is 1. The van der Waals surface area contributed by atoms with Crippen LogP contribution in [0.15, 0.2) is 30.3 Å². The Hall–Kier alpha value is -1.79. The third-order valence-corrected chi connectivity index (χ3v) is 7.16. The molecule has 2 aliphatic rings. The number of fused-ring (bicyclic) bond motifs is 1. The number of aryl methyl sites for hydroxylation is 2. The molecule has 5 rings (SSSR count). The number of methoxy groups -OCH3 is 2. The van der Waals surface area contributed by atoms with Crippen molar-refractivity contribution in [1.29, 1.82) is 0 Å². The Labute approximate surface area is 186 Å². The number of hydrogen-bond donors (Lipinski definition) is 0. The summed E-state index contributed by atoms with van der Waals surface area (Å²) in [6, 6.07) is 9.97. The molecule has 0 amide bonds. The van der Waals surface area contributed by atoms with Crippen LogP contribution in [-0.2, 0) is 9.47 Å². The largest absolute Gasteiger partial charge is 0.380 e. The highest BCUT2D eigenvalue weighted by Crippen LogP contribution is 2.54. The summed E-state index contributed by atoms with van der Waals surface area (Å²) < 4.78 is 13.5. The molecule has 1 aliphatic heterocycles. The molecule has 1 saturated carbocycles. The van der Waals surface area contributed by atoms with Crippen molar-refractivity contribution in [3.8, 4) is 11.3 Å². The number of rotatable bonds is 4. The van der Waals surface area contributed by atoms with Crippen LogP contribution in [0.25, 0.3) is 16.8 Å². The first-order valence-corrected chi connectivity index (χ1v) is 10.9. The van der Waals surface area contributed by atoms with Gasteiger partial charge in [-0.1, -0.05) is 23.2 Å². The molecular formula is C23H25Cl2N3O2. The van der Waals surface area contributed by atoms with Crippen LogP contribution in [-0.4, -0.2) is 48.1 Å². The van der Waals surface area contributed by atoms with Crippen LogP contribution in [0.3, 0.4) is 0 Å². The van der Waals surface area contributed by atoms with E-state index in [1.54, 1.807) is 20.3 Å². The Morgan fingerprint density at radius 1 is 1.07 bits per heavy atom. The van der Waals surface area contributed by atoms with E-state index in [1.165, 1.54) is 5.69 Å². The van der Waals surface area contributed by atoms with E-state index in [1.807, 2.05) is 23.6 Å². The predicted octanol–water partition coefficient (Wildman–Crippen LogP) is 5.31. The molecule has 0 N–H and O–H groups in total. The highest BCUT2D eigenvalue weighted by molar-refractivity contribution is 6.36. The first-order chi connectivity index (χ1) is 14.4. The molecule has 1 saturated heterocycles. The molecule has 1 aliphatic carbocycles. The number of aromatic nitrogens is 2. The number of ether oxygens (including phenoxy) is 2. The van der Waals surface area contributed by atoms with Gasteiger partial charge in [0.25, 0.3) is 0 Å². The van der Waals surface area contributed by atoms with E-state index < -0.39 is 0 Å². The lowest BCUT2D eigenvalue weighted by atomic mass is 10.1. The molecular weight excluding hydrogens is 421 g/mol. The van der Waals surface area contributed by atoms with Crippen LogP contribution >= 0.6 is 23.2 Å².